The van der Waals surface area contributed by atoms with Gasteiger partial charge >= 0.3 is 18.2 Å². The van der Waals surface area contributed by atoms with Crippen LogP contribution in [-0.4, -0.2) is 72.0 Å². The summed E-state index contributed by atoms with van der Waals surface area (Å²) in [6, 6.07) is 8.16. The third-order valence-corrected chi connectivity index (χ3v) is 9.14. The normalized spacial score (nSPS) is 23.0. The van der Waals surface area contributed by atoms with Crippen molar-refractivity contribution in [1.82, 2.24) is 20.1 Å². The summed E-state index contributed by atoms with van der Waals surface area (Å²) in [5.41, 5.74) is 0.575. The predicted octanol–water partition coefficient (Wildman–Crippen LogP) is 4.50. The summed E-state index contributed by atoms with van der Waals surface area (Å²) in [7, 11) is 1.40. The Bertz CT molecular complexity index is 1360. The van der Waals surface area contributed by atoms with Gasteiger partial charge in [-0.1, -0.05) is 12.1 Å². The number of rotatable bonds is 6. The molecule has 3 heterocycles. The Morgan fingerprint density at radius 1 is 1.12 bits per heavy atom. The van der Waals surface area contributed by atoms with E-state index < -0.39 is 17.2 Å². The largest absolute Gasteiger partial charge is 0.469 e. The van der Waals surface area contributed by atoms with E-state index in [1.807, 2.05) is 25.1 Å². The fraction of sp³-hybridized carbons (Fsp3) is 0.548. The quantitative estimate of drug-likeness (QED) is 0.473. The van der Waals surface area contributed by atoms with Gasteiger partial charge in [0.15, 0.2) is 0 Å². The number of halogens is 3. The highest BCUT2D eigenvalue weighted by molar-refractivity contribution is 5.91. The number of hydrogen-bond acceptors (Lipinski definition) is 6. The van der Waals surface area contributed by atoms with Gasteiger partial charge in [0.1, 0.15) is 0 Å². The van der Waals surface area contributed by atoms with Crippen LogP contribution >= 0.6 is 0 Å². The lowest BCUT2D eigenvalue weighted by molar-refractivity contribution is -0.147. The molecule has 3 aliphatic rings. The number of nitrogens with one attached hydrogen (secondary N) is 2. The third-order valence-electron chi connectivity index (χ3n) is 9.14. The van der Waals surface area contributed by atoms with Crippen LogP contribution in [0.2, 0.25) is 0 Å². The lowest BCUT2D eigenvalue weighted by Crippen LogP contribution is -2.49. The Morgan fingerprint density at radius 3 is 2.58 bits per heavy atom. The molecule has 1 aromatic carbocycles. The lowest BCUT2D eigenvalue weighted by atomic mass is 9.76. The number of nitrogens with zero attached hydrogens (tertiary/aromatic N) is 3. The fourth-order valence-corrected chi connectivity index (χ4v) is 6.87. The topological polar surface area (TPSA) is 104 Å². The van der Waals surface area contributed by atoms with Crippen molar-refractivity contribution in [3.63, 3.8) is 0 Å². The number of anilines is 1. The zero-order chi connectivity index (χ0) is 30.8. The Hall–Kier alpha value is -3.67. The first-order valence-corrected chi connectivity index (χ1v) is 14.9. The first-order valence-electron chi connectivity index (χ1n) is 14.9. The second-order valence-corrected chi connectivity index (χ2v) is 11.7. The van der Waals surface area contributed by atoms with Gasteiger partial charge in [-0.25, -0.2) is 4.79 Å². The Morgan fingerprint density at radius 2 is 1.88 bits per heavy atom. The minimum Gasteiger partial charge on any atom is -0.469 e. The number of benzene rings is 1. The molecule has 3 amide bonds. The molecule has 2 atom stereocenters. The van der Waals surface area contributed by atoms with E-state index in [0.29, 0.717) is 62.1 Å². The number of hydrogen-bond donors (Lipinski definition) is 2. The summed E-state index contributed by atoms with van der Waals surface area (Å²) in [6.07, 6.45) is -0.0683. The van der Waals surface area contributed by atoms with E-state index in [1.165, 1.54) is 7.11 Å². The minimum absolute atomic E-state index is 0.0544. The number of likely N-dealkylation sites (tertiary alicyclic amines) is 1. The van der Waals surface area contributed by atoms with Gasteiger partial charge in [-0.3, -0.25) is 14.6 Å². The number of methoxy groups -OCH3 is 1. The number of aromatic nitrogens is 1. The van der Waals surface area contributed by atoms with Crippen molar-refractivity contribution < 1.29 is 32.3 Å². The average Bonchev–Trinajstić information content (AvgIpc) is 3.46. The molecule has 12 heteroatoms. The molecule has 2 unspecified atom stereocenters. The van der Waals surface area contributed by atoms with Crippen molar-refractivity contribution in [2.45, 2.75) is 69.6 Å². The van der Waals surface area contributed by atoms with Crippen molar-refractivity contribution in [3.05, 3.63) is 58.9 Å². The van der Waals surface area contributed by atoms with E-state index in [9.17, 15) is 27.6 Å². The molecule has 232 valence electrons. The highest BCUT2D eigenvalue weighted by Crippen LogP contribution is 2.46. The Balaban J connectivity index is 1.42. The average molecular weight is 602 g/mol. The van der Waals surface area contributed by atoms with Gasteiger partial charge in [0.2, 0.25) is 5.91 Å². The summed E-state index contributed by atoms with van der Waals surface area (Å²) >= 11 is 0. The molecule has 0 bridgehead atoms. The van der Waals surface area contributed by atoms with E-state index in [4.69, 9.17) is 4.74 Å². The third kappa shape index (κ3) is 6.48. The molecule has 0 radical (unpaired) electrons. The van der Waals surface area contributed by atoms with Gasteiger partial charge in [0.25, 0.3) is 0 Å². The van der Waals surface area contributed by atoms with Crippen molar-refractivity contribution in [2.24, 2.45) is 5.92 Å². The highest BCUT2D eigenvalue weighted by Gasteiger charge is 2.50. The van der Waals surface area contributed by atoms with Gasteiger partial charge in [-0.05, 0) is 81.4 Å². The van der Waals surface area contributed by atoms with Gasteiger partial charge in [0, 0.05) is 49.7 Å². The Kier molecular flexibility index (Phi) is 8.96. The molecule has 1 aliphatic carbocycles. The van der Waals surface area contributed by atoms with Crippen LogP contribution < -0.4 is 10.6 Å². The fourth-order valence-electron chi connectivity index (χ4n) is 6.87. The molecule has 43 heavy (non-hydrogen) atoms. The van der Waals surface area contributed by atoms with Crippen LogP contribution in [0.15, 0.2) is 36.5 Å². The maximum Gasteiger partial charge on any atom is 0.417 e. The molecule has 5 rings (SSSR count). The van der Waals surface area contributed by atoms with Crippen LogP contribution in [-0.2, 0) is 38.9 Å². The van der Waals surface area contributed by atoms with Crippen molar-refractivity contribution in [3.8, 4) is 0 Å². The molecule has 9 nitrogen and oxygen atoms in total. The number of amides is 3. The molecule has 2 aromatic rings. The molecule has 0 spiro atoms. The number of pyridine rings is 1. The molecule has 2 fully saturated rings. The standard InChI is InChI=1S/C31H38F3N5O4/c1-3-35-29(42)37-24-6-4-5-22(16-24)30(11-7-25(17-30)38-12-8-20(9-13-38)27(40)43-2)28(41)39-14-10-26-21(19-39)15-23(18-36-26)31(32,33)34/h4-6,15-16,18,20,25H,3,7-14,17,19H2,1-2H3,(H2,35,37,42). The van der Waals surface area contributed by atoms with E-state index in [2.05, 4.69) is 20.5 Å². The van der Waals surface area contributed by atoms with Crippen LogP contribution in [0.4, 0.5) is 23.7 Å². The van der Waals surface area contributed by atoms with Gasteiger partial charge in [-0.2, -0.15) is 13.2 Å². The number of carbonyl (C=O) groups excluding carboxylic acids is 3. The Labute approximate surface area is 249 Å². The van der Waals surface area contributed by atoms with Gasteiger partial charge < -0.3 is 25.2 Å². The van der Waals surface area contributed by atoms with Crippen molar-refractivity contribution >= 4 is 23.6 Å². The first kappa shape index (κ1) is 30.8. The number of urea groups is 1. The summed E-state index contributed by atoms with van der Waals surface area (Å²) in [6.45, 7) is 4.13. The number of piperidine rings is 1. The second-order valence-electron chi connectivity index (χ2n) is 11.7. The van der Waals surface area contributed by atoms with Gasteiger partial charge in [-0.15, -0.1) is 0 Å². The van der Waals surface area contributed by atoms with Crippen LogP contribution in [0.3, 0.4) is 0 Å². The zero-order valence-electron chi connectivity index (χ0n) is 24.5. The number of esters is 1. The molecule has 2 aliphatic heterocycles. The number of fused-ring (bicyclic) bond motifs is 1. The van der Waals surface area contributed by atoms with Crippen LogP contribution in [0.1, 0.15) is 61.4 Å². The maximum atomic E-state index is 14.6. The number of ether oxygens (including phenoxy) is 1. The molecule has 1 saturated heterocycles. The maximum absolute atomic E-state index is 14.6. The smallest absolute Gasteiger partial charge is 0.417 e. The molecular formula is C31H38F3N5O4. The van der Waals surface area contributed by atoms with E-state index in [-0.39, 0.29) is 36.4 Å². The van der Waals surface area contributed by atoms with Crippen molar-refractivity contribution in [1.29, 1.82) is 0 Å². The summed E-state index contributed by atoms with van der Waals surface area (Å²) in [4.78, 5) is 47.0. The van der Waals surface area contributed by atoms with E-state index >= 15 is 0 Å². The van der Waals surface area contributed by atoms with Crippen LogP contribution in [0.25, 0.3) is 0 Å². The van der Waals surface area contributed by atoms with E-state index in [0.717, 1.165) is 37.3 Å². The second kappa shape index (κ2) is 12.5. The summed E-state index contributed by atoms with van der Waals surface area (Å²) in [5, 5.41) is 5.53. The van der Waals surface area contributed by atoms with Crippen LogP contribution in [0.5, 0.6) is 0 Å². The highest BCUT2D eigenvalue weighted by atomic mass is 19.4. The predicted molar refractivity (Wildman–Crippen MR) is 153 cm³/mol. The molecule has 1 saturated carbocycles. The summed E-state index contributed by atoms with van der Waals surface area (Å²) < 4.78 is 45.3. The SMILES string of the molecule is CCNC(=O)Nc1cccc(C2(C(=O)N3CCc4ncc(C(F)(F)F)cc4C3)CCC(N3CCC(C(=O)OC)CC3)C2)c1. The van der Waals surface area contributed by atoms with Crippen molar-refractivity contribution in [2.75, 3.05) is 38.6 Å². The minimum atomic E-state index is -4.52. The first-order chi connectivity index (χ1) is 20.5. The molecule has 1 aromatic heterocycles. The number of carbonyl (C=O) groups is 3. The lowest BCUT2D eigenvalue weighted by Gasteiger charge is -2.39. The molecular weight excluding hydrogens is 563 g/mol. The van der Waals surface area contributed by atoms with Crippen LogP contribution in [0, 0.1) is 5.92 Å². The summed E-state index contributed by atoms with van der Waals surface area (Å²) in [5.74, 6) is -0.451. The van der Waals surface area contributed by atoms with Gasteiger partial charge in [0.05, 0.1) is 24.0 Å². The number of alkyl halides is 3. The zero-order valence-corrected chi connectivity index (χ0v) is 24.5. The van der Waals surface area contributed by atoms with E-state index in [1.54, 1.807) is 11.0 Å². The molecule has 2 N–H and O–H groups in total. The monoisotopic (exact) mass is 601 g/mol.